The second-order valence-corrected chi connectivity index (χ2v) is 2.51. The van der Waals surface area contributed by atoms with E-state index in [1.807, 2.05) is 13.8 Å². The lowest BCUT2D eigenvalue weighted by molar-refractivity contribution is -0.152. The van der Waals surface area contributed by atoms with Crippen LogP contribution in [0.25, 0.3) is 0 Å². The summed E-state index contributed by atoms with van der Waals surface area (Å²) >= 11 is 0. The summed E-state index contributed by atoms with van der Waals surface area (Å²) in [5.41, 5.74) is 0. The SMILES string of the molecule is COC(=O)C(=O)CC(C)[13CH3]. The van der Waals surface area contributed by atoms with Gasteiger partial charge in [0.2, 0.25) is 5.78 Å². The van der Waals surface area contributed by atoms with Gasteiger partial charge in [-0.2, -0.15) is 0 Å². The fourth-order valence-electron chi connectivity index (χ4n) is 0.568. The van der Waals surface area contributed by atoms with Crippen LogP contribution in [0.5, 0.6) is 0 Å². The van der Waals surface area contributed by atoms with Gasteiger partial charge in [-0.15, -0.1) is 0 Å². The van der Waals surface area contributed by atoms with E-state index in [0.717, 1.165) is 0 Å². The Morgan fingerprint density at radius 1 is 1.40 bits per heavy atom. The van der Waals surface area contributed by atoms with Gasteiger partial charge in [0.25, 0.3) is 0 Å². The Hall–Kier alpha value is -0.860. The predicted molar refractivity (Wildman–Crippen MR) is 36.5 cm³/mol. The first kappa shape index (κ1) is 9.14. The van der Waals surface area contributed by atoms with Gasteiger partial charge in [-0.25, -0.2) is 4.79 Å². The molecule has 0 spiro atoms. The molecule has 0 radical (unpaired) electrons. The van der Waals surface area contributed by atoms with E-state index in [0.29, 0.717) is 0 Å². The summed E-state index contributed by atoms with van der Waals surface area (Å²) in [6.45, 7) is 3.75. The minimum atomic E-state index is -0.742. The predicted octanol–water partition coefficient (Wildman–Crippen LogP) is 0.775. The van der Waals surface area contributed by atoms with Crippen molar-refractivity contribution in [1.29, 1.82) is 0 Å². The van der Waals surface area contributed by atoms with Crippen LogP contribution >= 0.6 is 0 Å². The first-order chi connectivity index (χ1) is 4.57. The molecule has 3 heteroatoms. The maximum absolute atomic E-state index is 10.7. The standard InChI is InChI=1S/C7H12O3/c1-5(2)4-6(8)7(9)10-3/h5H,4H2,1-3H3/i1+1. The average molecular weight is 145 g/mol. The van der Waals surface area contributed by atoms with Crippen LogP contribution in [0.4, 0.5) is 0 Å². The van der Waals surface area contributed by atoms with Crippen LogP contribution in [0.3, 0.4) is 0 Å². The van der Waals surface area contributed by atoms with Gasteiger partial charge in [0, 0.05) is 6.42 Å². The summed E-state index contributed by atoms with van der Waals surface area (Å²) in [5, 5.41) is 0. The van der Waals surface area contributed by atoms with E-state index in [-0.39, 0.29) is 12.3 Å². The number of ether oxygens (including phenoxy) is 1. The van der Waals surface area contributed by atoms with E-state index >= 15 is 0 Å². The first-order valence-corrected chi connectivity index (χ1v) is 3.19. The number of Topliss-reactive ketones (excluding diaryl/α,β-unsaturated/α-hetero) is 1. The number of hydrogen-bond acceptors (Lipinski definition) is 3. The third kappa shape index (κ3) is 3.22. The van der Waals surface area contributed by atoms with Gasteiger partial charge in [-0.05, 0) is 5.92 Å². The van der Waals surface area contributed by atoms with E-state index in [4.69, 9.17) is 0 Å². The van der Waals surface area contributed by atoms with Crippen molar-refractivity contribution >= 4 is 11.8 Å². The molecule has 58 valence electrons. The lowest BCUT2D eigenvalue weighted by atomic mass is 10.1. The van der Waals surface area contributed by atoms with Crippen molar-refractivity contribution in [2.24, 2.45) is 5.92 Å². The Morgan fingerprint density at radius 2 is 1.90 bits per heavy atom. The van der Waals surface area contributed by atoms with Crippen molar-refractivity contribution in [3.05, 3.63) is 0 Å². The summed E-state index contributed by atoms with van der Waals surface area (Å²) in [6, 6.07) is 0. The molecule has 0 aliphatic rings. The topological polar surface area (TPSA) is 43.4 Å². The second-order valence-electron chi connectivity index (χ2n) is 2.51. The second kappa shape index (κ2) is 4.04. The number of hydrogen-bond donors (Lipinski definition) is 0. The minimum Gasteiger partial charge on any atom is -0.463 e. The molecule has 1 unspecified atom stereocenters. The van der Waals surface area contributed by atoms with E-state index < -0.39 is 11.8 Å². The zero-order chi connectivity index (χ0) is 8.15. The van der Waals surface area contributed by atoms with Crippen molar-refractivity contribution in [2.45, 2.75) is 20.3 Å². The van der Waals surface area contributed by atoms with Gasteiger partial charge in [0.15, 0.2) is 0 Å². The highest BCUT2D eigenvalue weighted by molar-refractivity contribution is 6.33. The molecule has 0 aliphatic heterocycles. The minimum absolute atomic E-state index is 0.214. The van der Waals surface area contributed by atoms with Crippen molar-refractivity contribution in [2.75, 3.05) is 7.11 Å². The number of methoxy groups -OCH3 is 1. The number of carbonyl (C=O) groups is 2. The zero-order valence-electron chi connectivity index (χ0n) is 6.51. The van der Waals surface area contributed by atoms with Crippen LogP contribution < -0.4 is 0 Å². The molecule has 0 aromatic carbocycles. The van der Waals surface area contributed by atoms with E-state index in [2.05, 4.69) is 4.74 Å². The van der Waals surface area contributed by atoms with Crippen molar-refractivity contribution in [1.82, 2.24) is 0 Å². The molecule has 0 amide bonds. The molecule has 0 N–H and O–H groups in total. The largest absolute Gasteiger partial charge is 0.463 e. The van der Waals surface area contributed by atoms with Crippen LogP contribution in [0, 0.1) is 5.92 Å². The highest BCUT2D eigenvalue weighted by atomic mass is 16.5. The third-order valence-corrected chi connectivity index (χ3v) is 1.01. The molecular formula is C7H12O3. The van der Waals surface area contributed by atoms with Crippen molar-refractivity contribution in [3.8, 4) is 0 Å². The summed E-state index contributed by atoms with van der Waals surface area (Å²) in [4.78, 5) is 21.2. The van der Waals surface area contributed by atoms with Crippen molar-refractivity contribution in [3.63, 3.8) is 0 Å². The zero-order valence-corrected chi connectivity index (χ0v) is 6.51. The fourth-order valence-corrected chi connectivity index (χ4v) is 0.568. The molecule has 0 saturated heterocycles. The van der Waals surface area contributed by atoms with Gasteiger partial charge >= 0.3 is 5.97 Å². The summed E-state index contributed by atoms with van der Waals surface area (Å²) in [7, 11) is 1.21. The van der Waals surface area contributed by atoms with Gasteiger partial charge < -0.3 is 4.74 Å². The maximum atomic E-state index is 10.7. The summed E-state index contributed by atoms with van der Waals surface area (Å²) < 4.78 is 4.22. The Bertz CT molecular complexity index is 138. The van der Waals surface area contributed by atoms with Crippen LogP contribution in [0.1, 0.15) is 20.3 Å². The van der Waals surface area contributed by atoms with Crippen molar-refractivity contribution < 1.29 is 14.3 Å². The highest BCUT2D eigenvalue weighted by Crippen LogP contribution is 2.00. The molecule has 0 aliphatic carbocycles. The fraction of sp³-hybridized carbons (Fsp3) is 0.714. The number of carbonyl (C=O) groups excluding carboxylic acids is 2. The quantitative estimate of drug-likeness (QED) is 0.335. The number of rotatable bonds is 3. The molecule has 0 aromatic rings. The smallest absolute Gasteiger partial charge is 0.374 e. The van der Waals surface area contributed by atoms with E-state index in [1.54, 1.807) is 0 Å². The molecule has 10 heavy (non-hydrogen) atoms. The molecule has 0 heterocycles. The molecule has 0 fully saturated rings. The lowest BCUT2D eigenvalue weighted by Gasteiger charge is -2.00. The van der Waals surface area contributed by atoms with Gasteiger partial charge in [-0.3, -0.25) is 4.79 Å². The van der Waals surface area contributed by atoms with E-state index in [1.165, 1.54) is 7.11 Å². The van der Waals surface area contributed by atoms with Crippen LogP contribution in [-0.2, 0) is 14.3 Å². The number of ketones is 1. The van der Waals surface area contributed by atoms with Crippen LogP contribution in [0.2, 0.25) is 0 Å². The summed E-state index contributed by atoms with van der Waals surface area (Å²) in [6.07, 6.45) is 0.271. The maximum Gasteiger partial charge on any atom is 0.374 e. The van der Waals surface area contributed by atoms with E-state index in [9.17, 15) is 9.59 Å². The lowest BCUT2D eigenvalue weighted by Crippen LogP contribution is -2.16. The molecule has 0 saturated carbocycles. The Kier molecular flexibility index (Phi) is 3.69. The average Bonchev–Trinajstić information content (AvgIpc) is 1.85. The Labute approximate surface area is 60.4 Å². The summed E-state index contributed by atoms with van der Waals surface area (Å²) in [5.74, 6) is -0.974. The highest BCUT2D eigenvalue weighted by Gasteiger charge is 2.14. The third-order valence-electron chi connectivity index (χ3n) is 1.01. The normalized spacial score (nSPS) is 12.3. The molecule has 3 nitrogen and oxygen atoms in total. The Balaban J connectivity index is 3.74. The molecule has 0 rings (SSSR count). The monoisotopic (exact) mass is 145 g/mol. The molecular weight excluding hydrogens is 133 g/mol. The molecule has 1 atom stereocenters. The van der Waals surface area contributed by atoms with Crippen LogP contribution in [0.15, 0.2) is 0 Å². The van der Waals surface area contributed by atoms with Gasteiger partial charge in [0.1, 0.15) is 0 Å². The van der Waals surface area contributed by atoms with Crippen LogP contribution in [-0.4, -0.2) is 18.9 Å². The van der Waals surface area contributed by atoms with Gasteiger partial charge in [-0.1, -0.05) is 13.8 Å². The molecule has 0 aromatic heterocycles. The number of esters is 1. The molecule has 0 bridgehead atoms. The Morgan fingerprint density at radius 3 is 2.20 bits per heavy atom. The first-order valence-electron chi connectivity index (χ1n) is 3.19. The van der Waals surface area contributed by atoms with Gasteiger partial charge in [0.05, 0.1) is 7.11 Å².